The number of hydrogen-bond donors (Lipinski definition) is 0. The summed E-state index contributed by atoms with van der Waals surface area (Å²) < 4.78 is 0. The molecule has 2 heterocycles. The first kappa shape index (κ1) is 42.1. The maximum atomic E-state index is 2.56. The second kappa shape index (κ2) is 17.0. The summed E-state index contributed by atoms with van der Waals surface area (Å²) in [6, 6.07) is 103. The molecule has 0 aliphatic carbocycles. The molecule has 74 heavy (non-hydrogen) atoms. The van der Waals surface area contributed by atoms with Crippen molar-refractivity contribution in [2.24, 2.45) is 0 Å². The first-order chi connectivity index (χ1) is 36.7. The maximum absolute atomic E-state index is 2.56. The predicted octanol–water partition coefficient (Wildman–Crippen LogP) is 17.2. The van der Waals surface area contributed by atoms with Crippen LogP contribution in [0, 0.1) is 0 Å². The van der Waals surface area contributed by atoms with Crippen molar-refractivity contribution in [1.82, 2.24) is 0 Å². The minimum Gasteiger partial charge on any atom is -0.311 e. The summed E-state index contributed by atoms with van der Waals surface area (Å²) in [5, 5.41) is 9.72. The number of hydrogen-bond acceptors (Lipinski definition) is 3. The van der Waals surface area contributed by atoms with Crippen molar-refractivity contribution >= 4 is 117 Å². The highest BCUT2D eigenvalue weighted by Crippen LogP contribution is 2.50. The maximum Gasteiger partial charge on any atom is 0.252 e. The molecule has 2 aliphatic heterocycles. The molecule has 2 aliphatic rings. The van der Waals surface area contributed by atoms with Gasteiger partial charge in [-0.2, -0.15) is 0 Å². The van der Waals surface area contributed by atoms with Gasteiger partial charge >= 0.3 is 0 Å². The number of rotatable bonds is 7. The molecule has 0 radical (unpaired) electrons. The van der Waals surface area contributed by atoms with E-state index in [1.807, 2.05) is 0 Å². The average molecular weight is 940 g/mol. The number of nitrogens with zero attached hydrogens (tertiary/aromatic N) is 3. The second-order valence-corrected chi connectivity index (χ2v) is 19.7. The normalized spacial score (nSPS) is 12.5. The van der Waals surface area contributed by atoms with E-state index in [1.165, 1.54) is 93.1 Å². The Kier molecular flexibility index (Phi) is 9.67. The van der Waals surface area contributed by atoms with E-state index in [1.54, 1.807) is 0 Å². The van der Waals surface area contributed by atoms with Gasteiger partial charge in [-0.15, -0.1) is 0 Å². The quantitative estimate of drug-likeness (QED) is 0.147. The van der Waals surface area contributed by atoms with Gasteiger partial charge in [-0.3, -0.25) is 0 Å². The van der Waals surface area contributed by atoms with Crippen LogP contribution in [0.3, 0.4) is 0 Å². The summed E-state index contributed by atoms with van der Waals surface area (Å²) in [5.41, 5.74) is 18.7. The Hall–Kier alpha value is -9.64. The lowest BCUT2D eigenvalue weighted by molar-refractivity contribution is 1.23. The Labute approximate surface area is 431 Å². The zero-order valence-electron chi connectivity index (χ0n) is 40.5. The van der Waals surface area contributed by atoms with Gasteiger partial charge in [-0.1, -0.05) is 206 Å². The van der Waals surface area contributed by atoms with Crippen LogP contribution in [0.15, 0.2) is 279 Å². The number of fused-ring (bicyclic) bond motifs is 8. The first-order valence-corrected chi connectivity index (χ1v) is 25.6. The largest absolute Gasteiger partial charge is 0.311 e. The van der Waals surface area contributed by atoms with Crippen molar-refractivity contribution in [3.8, 4) is 22.3 Å². The molecule has 0 unspecified atom stereocenters. The minimum absolute atomic E-state index is 0.0783. The Balaban J connectivity index is 1.06. The van der Waals surface area contributed by atoms with Gasteiger partial charge in [0.2, 0.25) is 0 Å². The molecular weight excluding hydrogens is 894 g/mol. The molecule has 0 aromatic heterocycles. The van der Waals surface area contributed by atoms with Crippen LogP contribution in [0.2, 0.25) is 0 Å². The summed E-state index contributed by atoms with van der Waals surface area (Å²) in [5.74, 6) is 0. The van der Waals surface area contributed by atoms with Gasteiger partial charge in [0.15, 0.2) is 0 Å². The second-order valence-electron chi connectivity index (χ2n) is 19.7. The van der Waals surface area contributed by atoms with Gasteiger partial charge in [0, 0.05) is 45.5 Å². The molecular formula is C70H46BN3. The zero-order valence-corrected chi connectivity index (χ0v) is 40.5. The molecule has 0 fully saturated rings. The predicted molar refractivity (Wildman–Crippen MR) is 316 cm³/mol. The van der Waals surface area contributed by atoms with Crippen molar-refractivity contribution < 1.29 is 0 Å². The average Bonchev–Trinajstić information content (AvgIpc) is 3.47. The highest BCUT2D eigenvalue weighted by Gasteiger charge is 2.44. The van der Waals surface area contributed by atoms with Gasteiger partial charge in [0.25, 0.3) is 6.71 Å². The van der Waals surface area contributed by atoms with E-state index in [0.717, 1.165) is 39.8 Å². The molecule has 0 atom stereocenters. The topological polar surface area (TPSA) is 9.72 Å². The molecule has 0 bridgehead atoms. The third kappa shape index (κ3) is 6.91. The summed E-state index contributed by atoms with van der Waals surface area (Å²) in [7, 11) is 0. The minimum atomic E-state index is -0.0783. The van der Waals surface area contributed by atoms with Crippen molar-refractivity contribution in [2.45, 2.75) is 0 Å². The Morgan fingerprint density at radius 2 is 0.581 bits per heavy atom. The first-order valence-electron chi connectivity index (χ1n) is 25.6. The molecule has 0 amide bonds. The summed E-state index contributed by atoms with van der Waals surface area (Å²) >= 11 is 0. The highest BCUT2D eigenvalue weighted by atomic mass is 15.2. The molecule has 15 rings (SSSR count). The molecule has 4 heteroatoms. The van der Waals surface area contributed by atoms with Crippen LogP contribution < -0.4 is 31.1 Å². The van der Waals surface area contributed by atoms with Crippen LogP contribution in [0.25, 0.3) is 65.3 Å². The van der Waals surface area contributed by atoms with Gasteiger partial charge in [0.05, 0.1) is 5.69 Å². The Morgan fingerprint density at radius 3 is 0.986 bits per heavy atom. The fraction of sp³-hybridized carbons (Fsp3) is 0. The van der Waals surface area contributed by atoms with E-state index in [2.05, 4.69) is 294 Å². The SMILES string of the molecule is c1ccc(-c2ccc(N(c3ccc(-c4ccccc4)cc3)c3cc4c5c(c3)N(c3ccc6ccccc6c3)c3cc6ccccc6cc3B5c3cc5ccccc5cc3N4c3ccc4ccccc4c3)cc2)cc1. The molecule has 0 saturated carbocycles. The molecule has 344 valence electrons. The van der Waals surface area contributed by atoms with Crippen molar-refractivity contribution in [3.05, 3.63) is 279 Å². The zero-order chi connectivity index (χ0) is 48.7. The lowest BCUT2D eigenvalue weighted by atomic mass is 9.33. The molecule has 0 saturated heterocycles. The van der Waals surface area contributed by atoms with Gasteiger partial charge in [-0.05, 0) is 155 Å². The highest BCUT2D eigenvalue weighted by molar-refractivity contribution is 7.00. The van der Waals surface area contributed by atoms with E-state index >= 15 is 0 Å². The standard InChI is InChI=1S/C70H46BN3/c1-3-15-47(16-4-1)51-27-33-59(34-28-51)72(60-35-29-52(30-36-60)48-17-5-2-6-18-48)63-45-68-70-69(46-63)74(62-38-32-50-20-8-10-22-54(50)40-62)67-44-58-26-14-12-24-56(58)42-65(67)71(70)64-41-55-23-11-13-25-57(55)43-66(64)73(68)61-37-31-49-19-7-9-21-53(49)39-61/h1-46H. The molecule has 0 spiro atoms. The van der Waals surface area contributed by atoms with Crippen molar-refractivity contribution in [3.63, 3.8) is 0 Å². The molecule has 13 aromatic rings. The third-order valence-electron chi connectivity index (χ3n) is 15.5. The van der Waals surface area contributed by atoms with Crippen LogP contribution in [-0.2, 0) is 0 Å². The van der Waals surface area contributed by atoms with E-state index in [0.29, 0.717) is 0 Å². The number of benzene rings is 13. The lowest BCUT2D eigenvalue weighted by Crippen LogP contribution is -2.61. The van der Waals surface area contributed by atoms with Crippen LogP contribution >= 0.6 is 0 Å². The van der Waals surface area contributed by atoms with Crippen LogP contribution in [0.5, 0.6) is 0 Å². The van der Waals surface area contributed by atoms with Crippen LogP contribution in [0.1, 0.15) is 0 Å². The molecule has 13 aromatic carbocycles. The van der Waals surface area contributed by atoms with Gasteiger partial charge in [0.1, 0.15) is 0 Å². The Bertz CT molecular complexity index is 4050. The van der Waals surface area contributed by atoms with Gasteiger partial charge < -0.3 is 14.7 Å². The van der Waals surface area contributed by atoms with E-state index in [-0.39, 0.29) is 6.71 Å². The summed E-state index contributed by atoms with van der Waals surface area (Å²) in [6.45, 7) is -0.0783. The van der Waals surface area contributed by atoms with Crippen LogP contribution in [-0.4, -0.2) is 6.71 Å². The smallest absolute Gasteiger partial charge is 0.252 e. The Morgan fingerprint density at radius 1 is 0.243 bits per heavy atom. The fourth-order valence-electron chi connectivity index (χ4n) is 12.0. The third-order valence-corrected chi connectivity index (χ3v) is 15.5. The van der Waals surface area contributed by atoms with E-state index < -0.39 is 0 Å². The van der Waals surface area contributed by atoms with Crippen molar-refractivity contribution in [1.29, 1.82) is 0 Å². The van der Waals surface area contributed by atoms with E-state index in [4.69, 9.17) is 0 Å². The molecule has 0 N–H and O–H groups in total. The fourth-order valence-corrected chi connectivity index (χ4v) is 12.0. The van der Waals surface area contributed by atoms with Crippen LogP contribution in [0.4, 0.5) is 51.2 Å². The van der Waals surface area contributed by atoms with Crippen molar-refractivity contribution in [2.75, 3.05) is 14.7 Å². The monoisotopic (exact) mass is 939 g/mol. The van der Waals surface area contributed by atoms with Gasteiger partial charge in [-0.25, -0.2) is 0 Å². The summed E-state index contributed by atoms with van der Waals surface area (Å²) in [4.78, 5) is 7.58. The summed E-state index contributed by atoms with van der Waals surface area (Å²) in [6.07, 6.45) is 0. The van der Waals surface area contributed by atoms with E-state index in [9.17, 15) is 0 Å². The molecule has 3 nitrogen and oxygen atoms in total. The number of anilines is 9. The lowest BCUT2D eigenvalue weighted by Gasteiger charge is -2.45.